The summed E-state index contributed by atoms with van der Waals surface area (Å²) in [5.41, 5.74) is 1.04. The van der Waals surface area contributed by atoms with Crippen LogP contribution in [-0.4, -0.2) is 33.1 Å². The number of nitrogens with zero attached hydrogens (tertiary/aromatic N) is 2. The van der Waals surface area contributed by atoms with Crippen LogP contribution in [0.15, 0.2) is 48.5 Å². The monoisotopic (exact) mass is 354 g/mol. The van der Waals surface area contributed by atoms with Crippen molar-refractivity contribution in [1.29, 1.82) is 0 Å². The fourth-order valence-corrected chi connectivity index (χ4v) is 2.30. The maximum atomic E-state index is 12.2. The second kappa shape index (κ2) is 7.01. The van der Waals surface area contributed by atoms with Gasteiger partial charge in [0.1, 0.15) is 0 Å². The predicted octanol–water partition coefficient (Wildman–Crippen LogP) is 2.66. The number of non-ortho nitro benzene ring substituents is 1. The first-order chi connectivity index (χ1) is 12.5. The molecule has 0 spiro atoms. The van der Waals surface area contributed by atoms with Crippen molar-refractivity contribution in [3.63, 3.8) is 0 Å². The number of esters is 1. The van der Waals surface area contributed by atoms with E-state index in [-0.39, 0.29) is 11.4 Å². The molecular weight excluding hydrogens is 340 g/mol. The zero-order valence-electron chi connectivity index (χ0n) is 13.6. The number of rotatable bonds is 5. The molecule has 0 aliphatic carbocycles. The Morgan fingerprint density at radius 1 is 1.19 bits per heavy atom. The van der Waals surface area contributed by atoms with Gasteiger partial charge >= 0.3 is 5.97 Å². The molecule has 26 heavy (non-hydrogen) atoms. The van der Waals surface area contributed by atoms with Crippen molar-refractivity contribution in [3.8, 4) is 0 Å². The number of carbonyl (C=O) groups excluding carboxylic acids is 2. The van der Waals surface area contributed by atoms with E-state index in [1.54, 1.807) is 24.3 Å². The Bertz CT molecular complexity index is 980. The second-order valence-electron chi connectivity index (χ2n) is 5.46. The molecule has 0 saturated carbocycles. The molecule has 1 heterocycles. The van der Waals surface area contributed by atoms with Crippen LogP contribution in [0.1, 0.15) is 17.4 Å². The highest BCUT2D eigenvalue weighted by Crippen LogP contribution is 2.18. The smallest absolute Gasteiger partial charge is 0.360 e. The molecule has 1 unspecified atom stereocenters. The van der Waals surface area contributed by atoms with Crippen LogP contribution in [0.5, 0.6) is 0 Å². The number of hydrogen-bond donors (Lipinski definition) is 2. The highest BCUT2D eigenvalue weighted by molar-refractivity contribution is 6.03. The number of benzene rings is 2. The third kappa shape index (κ3) is 3.51. The molecule has 9 heteroatoms. The third-order valence-electron chi connectivity index (χ3n) is 3.66. The van der Waals surface area contributed by atoms with Gasteiger partial charge in [-0.05, 0) is 25.1 Å². The molecule has 0 aliphatic rings. The Morgan fingerprint density at radius 3 is 2.58 bits per heavy atom. The number of nitro benzene ring substituents is 1. The maximum absolute atomic E-state index is 12.2. The SMILES string of the molecule is CC(OC(=O)c1n[nH]c2ccccc12)C(=O)Nc1ccc([N+](=O)[O-])cc1. The first-order valence-electron chi connectivity index (χ1n) is 7.65. The summed E-state index contributed by atoms with van der Waals surface area (Å²) in [6.07, 6.45) is -1.08. The molecule has 3 aromatic rings. The summed E-state index contributed by atoms with van der Waals surface area (Å²) in [5, 5.41) is 20.4. The molecule has 0 aliphatic heterocycles. The number of hydrogen-bond acceptors (Lipinski definition) is 6. The van der Waals surface area contributed by atoms with E-state index < -0.39 is 22.9 Å². The van der Waals surface area contributed by atoms with E-state index in [1.165, 1.54) is 31.2 Å². The van der Waals surface area contributed by atoms with Crippen molar-refractivity contribution < 1.29 is 19.2 Å². The van der Waals surface area contributed by atoms with Gasteiger partial charge in [-0.1, -0.05) is 18.2 Å². The van der Waals surface area contributed by atoms with Gasteiger partial charge in [0, 0.05) is 23.2 Å². The Hall–Kier alpha value is -3.75. The van der Waals surface area contributed by atoms with Gasteiger partial charge in [0.05, 0.1) is 10.4 Å². The van der Waals surface area contributed by atoms with Gasteiger partial charge in [0.15, 0.2) is 11.8 Å². The van der Waals surface area contributed by atoms with Crippen molar-refractivity contribution in [2.75, 3.05) is 5.32 Å². The number of amides is 1. The van der Waals surface area contributed by atoms with Gasteiger partial charge in [-0.3, -0.25) is 20.0 Å². The summed E-state index contributed by atoms with van der Waals surface area (Å²) >= 11 is 0. The first kappa shape index (κ1) is 17.1. The zero-order chi connectivity index (χ0) is 18.7. The molecule has 1 atom stereocenters. The number of nitro groups is 1. The van der Waals surface area contributed by atoms with Crippen LogP contribution in [-0.2, 0) is 9.53 Å². The van der Waals surface area contributed by atoms with Crippen LogP contribution in [0.25, 0.3) is 10.9 Å². The molecule has 0 bridgehead atoms. The van der Waals surface area contributed by atoms with Crippen molar-refractivity contribution in [1.82, 2.24) is 10.2 Å². The Labute approximate surface area is 147 Å². The van der Waals surface area contributed by atoms with Crippen molar-refractivity contribution in [2.45, 2.75) is 13.0 Å². The van der Waals surface area contributed by atoms with Crippen molar-refractivity contribution >= 4 is 34.2 Å². The number of ether oxygens (including phenoxy) is 1. The van der Waals surface area contributed by atoms with Gasteiger partial charge < -0.3 is 10.1 Å². The third-order valence-corrected chi connectivity index (χ3v) is 3.66. The van der Waals surface area contributed by atoms with Gasteiger partial charge in [0.25, 0.3) is 11.6 Å². The highest BCUT2D eigenvalue weighted by Gasteiger charge is 2.22. The summed E-state index contributed by atoms with van der Waals surface area (Å²) in [6.45, 7) is 1.42. The van der Waals surface area contributed by atoms with Gasteiger partial charge in [0.2, 0.25) is 0 Å². The second-order valence-corrected chi connectivity index (χ2v) is 5.46. The number of nitrogens with one attached hydrogen (secondary N) is 2. The van der Waals surface area contributed by atoms with Crippen LogP contribution < -0.4 is 5.32 Å². The topological polar surface area (TPSA) is 127 Å². The van der Waals surface area contributed by atoms with Crippen LogP contribution in [0.4, 0.5) is 11.4 Å². The Morgan fingerprint density at radius 2 is 1.88 bits per heavy atom. The lowest BCUT2D eigenvalue weighted by Crippen LogP contribution is -2.30. The highest BCUT2D eigenvalue weighted by atomic mass is 16.6. The van der Waals surface area contributed by atoms with Gasteiger partial charge in [-0.2, -0.15) is 5.10 Å². The molecule has 132 valence electrons. The number of aromatic amines is 1. The Balaban J connectivity index is 1.65. The minimum absolute atomic E-state index is 0.0899. The number of aromatic nitrogens is 2. The molecule has 1 aromatic heterocycles. The van der Waals surface area contributed by atoms with E-state index >= 15 is 0 Å². The van der Waals surface area contributed by atoms with E-state index in [9.17, 15) is 19.7 Å². The molecule has 9 nitrogen and oxygen atoms in total. The number of para-hydroxylation sites is 1. The molecule has 1 amide bonds. The summed E-state index contributed by atoms with van der Waals surface area (Å²) in [5.74, 6) is -1.29. The lowest BCUT2D eigenvalue weighted by Gasteiger charge is -2.12. The molecular formula is C17H14N4O5. The van der Waals surface area contributed by atoms with Crippen LogP contribution in [0.3, 0.4) is 0 Å². The average Bonchev–Trinajstić information content (AvgIpc) is 3.06. The average molecular weight is 354 g/mol. The molecule has 2 N–H and O–H groups in total. The lowest BCUT2D eigenvalue weighted by molar-refractivity contribution is -0.384. The maximum Gasteiger partial charge on any atom is 0.360 e. The molecule has 3 rings (SSSR count). The first-order valence-corrected chi connectivity index (χ1v) is 7.65. The fraction of sp³-hybridized carbons (Fsp3) is 0.118. The molecule has 0 fully saturated rings. The molecule has 0 radical (unpaired) electrons. The number of H-pyrrole nitrogens is 1. The summed E-state index contributed by atoms with van der Waals surface area (Å²) in [6, 6.07) is 12.4. The normalized spacial score (nSPS) is 11.7. The van der Waals surface area contributed by atoms with Gasteiger partial charge in [-0.15, -0.1) is 0 Å². The summed E-state index contributed by atoms with van der Waals surface area (Å²) in [4.78, 5) is 34.5. The molecule has 0 saturated heterocycles. The lowest BCUT2D eigenvalue weighted by atomic mass is 10.2. The van der Waals surface area contributed by atoms with E-state index in [1.807, 2.05) is 0 Å². The standard InChI is InChI=1S/C17H14N4O5/c1-10(16(22)18-11-6-8-12(9-7-11)21(24)25)26-17(23)15-13-4-2-3-5-14(13)19-20-15/h2-10H,1H3,(H,18,22)(H,19,20). The quantitative estimate of drug-likeness (QED) is 0.412. The minimum Gasteiger partial charge on any atom is -0.448 e. The zero-order valence-corrected chi connectivity index (χ0v) is 13.6. The Kier molecular flexibility index (Phi) is 4.61. The largest absolute Gasteiger partial charge is 0.448 e. The number of carbonyl (C=O) groups is 2. The molecule has 2 aromatic carbocycles. The van der Waals surface area contributed by atoms with Gasteiger partial charge in [-0.25, -0.2) is 4.79 Å². The van der Waals surface area contributed by atoms with Crippen LogP contribution in [0, 0.1) is 10.1 Å². The summed E-state index contributed by atoms with van der Waals surface area (Å²) < 4.78 is 5.16. The number of fused-ring (bicyclic) bond motifs is 1. The summed E-state index contributed by atoms with van der Waals surface area (Å²) in [7, 11) is 0. The minimum atomic E-state index is -1.08. The van der Waals surface area contributed by atoms with Crippen LogP contribution in [0.2, 0.25) is 0 Å². The van der Waals surface area contributed by atoms with E-state index in [0.29, 0.717) is 16.6 Å². The van der Waals surface area contributed by atoms with E-state index in [2.05, 4.69) is 15.5 Å². The van der Waals surface area contributed by atoms with Crippen molar-refractivity contribution in [3.05, 3.63) is 64.3 Å². The van der Waals surface area contributed by atoms with E-state index in [0.717, 1.165) is 0 Å². The van der Waals surface area contributed by atoms with Crippen molar-refractivity contribution in [2.24, 2.45) is 0 Å². The van der Waals surface area contributed by atoms with E-state index in [4.69, 9.17) is 4.74 Å². The van der Waals surface area contributed by atoms with Crippen LogP contribution >= 0.6 is 0 Å². The predicted molar refractivity (Wildman–Crippen MR) is 92.7 cm³/mol. The number of anilines is 1. The fourth-order valence-electron chi connectivity index (χ4n) is 2.30.